The molecule has 7 nitrogen and oxygen atoms in total. The Hall–Kier alpha value is -2.42. The predicted octanol–water partition coefficient (Wildman–Crippen LogP) is 2.37. The maximum Gasteiger partial charge on any atom is 0.240 e. The first-order valence-electron chi connectivity index (χ1n) is 8.99. The molecule has 152 valence electrons. The van der Waals surface area contributed by atoms with Gasteiger partial charge in [-0.2, -0.15) is 0 Å². The van der Waals surface area contributed by atoms with Gasteiger partial charge in [0.05, 0.1) is 18.0 Å². The molecule has 0 radical (unpaired) electrons. The van der Waals surface area contributed by atoms with Crippen LogP contribution in [0.15, 0.2) is 47.4 Å². The van der Waals surface area contributed by atoms with Gasteiger partial charge in [-0.15, -0.1) is 0 Å². The lowest BCUT2D eigenvalue weighted by Crippen LogP contribution is -2.30. The van der Waals surface area contributed by atoms with Crippen molar-refractivity contribution < 1.29 is 17.9 Å². The van der Waals surface area contributed by atoms with Gasteiger partial charge >= 0.3 is 0 Å². The van der Waals surface area contributed by atoms with Crippen LogP contribution in [0.3, 0.4) is 0 Å². The van der Waals surface area contributed by atoms with Gasteiger partial charge in [0, 0.05) is 12.2 Å². The summed E-state index contributed by atoms with van der Waals surface area (Å²) in [6.45, 7) is 5.05. The Bertz CT molecular complexity index is 912. The Morgan fingerprint density at radius 2 is 1.82 bits per heavy atom. The number of nitrogens with zero attached hydrogens (tertiary/aromatic N) is 1. The van der Waals surface area contributed by atoms with Gasteiger partial charge in [-0.05, 0) is 63.3 Å². The van der Waals surface area contributed by atoms with Crippen LogP contribution < -0.4 is 14.8 Å². The van der Waals surface area contributed by atoms with E-state index in [1.165, 1.54) is 13.1 Å². The number of benzene rings is 2. The van der Waals surface area contributed by atoms with Crippen LogP contribution in [0.5, 0.6) is 5.75 Å². The van der Waals surface area contributed by atoms with Crippen LogP contribution in [-0.4, -0.2) is 46.5 Å². The third-order valence-corrected chi connectivity index (χ3v) is 5.69. The molecule has 0 bridgehead atoms. The Morgan fingerprint density at radius 3 is 2.43 bits per heavy atom. The molecule has 2 rings (SSSR count). The zero-order valence-electron chi connectivity index (χ0n) is 16.7. The Kier molecular flexibility index (Phi) is 7.56. The van der Waals surface area contributed by atoms with Gasteiger partial charge in [0.25, 0.3) is 0 Å². The lowest BCUT2D eigenvalue weighted by molar-refractivity contribution is -0.117. The minimum atomic E-state index is -3.58. The number of amides is 1. The van der Waals surface area contributed by atoms with Gasteiger partial charge in [0.2, 0.25) is 15.9 Å². The Labute approximate surface area is 166 Å². The van der Waals surface area contributed by atoms with Crippen LogP contribution in [0.4, 0.5) is 5.69 Å². The van der Waals surface area contributed by atoms with Gasteiger partial charge in [-0.1, -0.05) is 18.2 Å². The number of hydrogen-bond acceptors (Lipinski definition) is 5. The van der Waals surface area contributed by atoms with Crippen LogP contribution in [0.25, 0.3) is 0 Å². The van der Waals surface area contributed by atoms with Gasteiger partial charge in [0.15, 0.2) is 0 Å². The van der Waals surface area contributed by atoms with E-state index < -0.39 is 10.0 Å². The third kappa shape index (κ3) is 6.05. The maximum atomic E-state index is 12.3. The molecule has 0 aliphatic carbocycles. The highest BCUT2D eigenvalue weighted by Crippen LogP contribution is 2.20. The van der Waals surface area contributed by atoms with Crippen molar-refractivity contribution in [2.75, 3.05) is 32.6 Å². The van der Waals surface area contributed by atoms with Crippen molar-refractivity contribution in [2.45, 2.75) is 25.3 Å². The lowest BCUT2D eigenvalue weighted by atomic mass is 10.2. The predicted molar refractivity (Wildman–Crippen MR) is 110 cm³/mol. The summed E-state index contributed by atoms with van der Waals surface area (Å²) in [5.74, 6) is 0.600. The number of nitrogens with one attached hydrogen (secondary N) is 2. The number of rotatable bonds is 9. The molecule has 0 heterocycles. The van der Waals surface area contributed by atoms with E-state index >= 15 is 0 Å². The van der Waals surface area contributed by atoms with E-state index in [9.17, 15) is 13.2 Å². The summed E-state index contributed by atoms with van der Waals surface area (Å²) in [6, 6.07) is 12.6. The van der Waals surface area contributed by atoms with Crippen molar-refractivity contribution >= 4 is 21.6 Å². The second-order valence-corrected chi connectivity index (χ2v) is 8.34. The van der Waals surface area contributed by atoms with E-state index in [0.717, 1.165) is 11.3 Å². The fraction of sp³-hybridized carbons (Fsp3) is 0.350. The summed E-state index contributed by atoms with van der Waals surface area (Å²) >= 11 is 0. The molecule has 1 amide bonds. The number of likely N-dealkylation sites (N-methyl/N-ethyl adjacent to an activating group) is 1. The number of aryl methyl sites for hydroxylation is 1. The third-order valence-electron chi connectivity index (χ3n) is 4.13. The fourth-order valence-electron chi connectivity index (χ4n) is 2.75. The number of carbonyl (C=O) groups is 1. The largest absolute Gasteiger partial charge is 0.494 e. The molecular weight excluding hydrogens is 378 g/mol. The first-order valence-corrected chi connectivity index (χ1v) is 10.5. The molecule has 0 aliphatic heterocycles. The van der Waals surface area contributed by atoms with E-state index in [-0.39, 0.29) is 17.3 Å². The SMILES string of the molecule is CCOc1ccc(CN(C)CC(=O)Nc2ccc(C)c(S(=O)(=O)NC)c2)cc1. The highest BCUT2D eigenvalue weighted by atomic mass is 32.2. The summed E-state index contributed by atoms with van der Waals surface area (Å²) in [6.07, 6.45) is 0. The highest BCUT2D eigenvalue weighted by Gasteiger charge is 2.16. The zero-order chi connectivity index (χ0) is 20.7. The highest BCUT2D eigenvalue weighted by molar-refractivity contribution is 7.89. The summed E-state index contributed by atoms with van der Waals surface area (Å²) in [7, 11) is -0.374. The summed E-state index contributed by atoms with van der Waals surface area (Å²) in [5.41, 5.74) is 2.12. The first kappa shape index (κ1) is 21.9. The molecular formula is C20H27N3O4S. The van der Waals surface area contributed by atoms with Crippen LogP contribution in [0, 0.1) is 6.92 Å². The summed E-state index contributed by atoms with van der Waals surface area (Å²) in [4.78, 5) is 14.4. The van der Waals surface area contributed by atoms with Crippen molar-refractivity contribution in [2.24, 2.45) is 0 Å². The molecule has 0 fully saturated rings. The summed E-state index contributed by atoms with van der Waals surface area (Å²) in [5, 5.41) is 2.76. The van der Waals surface area contributed by atoms with Gasteiger partial charge in [-0.25, -0.2) is 13.1 Å². The zero-order valence-corrected chi connectivity index (χ0v) is 17.5. The number of sulfonamides is 1. The van der Waals surface area contributed by atoms with E-state index in [1.807, 2.05) is 43.1 Å². The molecule has 28 heavy (non-hydrogen) atoms. The molecule has 2 N–H and O–H groups in total. The smallest absolute Gasteiger partial charge is 0.240 e. The van der Waals surface area contributed by atoms with Gasteiger partial charge < -0.3 is 10.1 Å². The molecule has 0 atom stereocenters. The monoisotopic (exact) mass is 405 g/mol. The normalized spacial score (nSPS) is 11.5. The molecule has 0 spiro atoms. The quantitative estimate of drug-likeness (QED) is 0.669. The Balaban J connectivity index is 1.97. The van der Waals surface area contributed by atoms with Crippen molar-refractivity contribution in [3.8, 4) is 5.75 Å². The molecule has 0 aromatic heterocycles. The van der Waals surface area contributed by atoms with E-state index in [0.29, 0.717) is 24.4 Å². The van der Waals surface area contributed by atoms with Crippen LogP contribution in [0.2, 0.25) is 0 Å². The van der Waals surface area contributed by atoms with E-state index in [2.05, 4.69) is 10.0 Å². The lowest BCUT2D eigenvalue weighted by Gasteiger charge is -2.17. The number of hydrogen-bond donors (Lipinski definition) is 2. The van der Waals surface area contributed by atoms with Crippen molar-refractivity contribution in [3.63, 3.8) is 0 Å². The van der Waals surface area contributed by atoms with E-state index in [1.54, 1.807) is 19.1 Å². The molecule has 0 saturated heterocycles. The number of ether oxygens (including phenoxy) is 1. The standard InChI is InChI=1S/C20H27N3O4S/c1-5-27-18-10-7-16(8-11-18)13-23(4)14-20(24)22-17-9-6-15(2)19(12-17)28(25,26)21-3/h6-12,21H,5,13-14H2,1-4H3,(H,22,24). The topological polar surface area (TPSA) is 87.7 Å². The number of anilines is 1. The average molecular weight is 406 g/mol. The molecule has 8 heteroatoms. The minimum Gasteiger partial charge on any atom is -0.494 e. The second-order valence-electron chi connectivity index (χ2n) is 6.49. The minimum absolute atomic E-state index is 0.149. The van der Waals surface area contributed by atoms with Crippen LogP contribution in [0.1, 0.15) is 18.1 Å². The Morgan fingerprint density at radius 1 is 1.14 bits per heavy atom. The van der Waals surface area contributed by atoms with Crippen molar-refractivity contribution in [3.05, 3.63) is 53.6 Å². The van der Waals surface area contributed by atoms with Gasteiger partial charge in [-0.3, -0.25) is 9.69 Å². The molecule has 0 unspecified atom stereocenters. The molecule has 2 aromatic rings. The molecule has 2 aromatic carbocycles. The first-order chi connectivity index (χ1) is 13.2. The van der Waals surface area contributed by atoms with E-state index in [4.69, 9.17) is 4.74 Å². The molecule has 0 aliphatic rings. The van der Waals surface area contributed by atoms with Crippen LogP contribution >= 0.6 is 0 Å². The maximum absolute atomic E-state index is 12.3. The van der Waals surface area contributed by atoms with Crippen molar-refractivity contribution in [1.82, 2.24) is 9.62 Å². The van der Waals surface area contributed by atoms with Gasteiger partial charge in [0.1, 0.15) is 5.75 Å². The van der Waals surface area contributed by atoms with Crippen molar-refractivity contribution in [1.29, 1.82) is 0 Å². The fourth-order valence-corrected chi connectivity index (χ4v) is 3.74. The van der Waals surface area contributed by atoms with Crippen LogP contribution in [-0.2, 0) is 21.4 Å². The summed E-state index contributed by atoms with van der Waals surface area (Å²) < 4.78 is 31.8. The number of carbonyl (C=O) groups excluding carboxylic acids is 1. The average Bonchev–Trinajstić information content (AvgIpc) is 2.65. The second kappa shape index (κ2) is 9.68. The molecule has 0 saturated carbocycles.